The highest BCUT2D eigenvalue weighted by Gasteiger charge is 2.41. The molecule has 0 spiro atoms. The smallest absolute Gasteiger partial charge is 0.191 e. The molecule has 3 saturated heterocycles. The van der Waals surface area contributed by atoms with Crippen molar-refractivity contribution in [2.75, 3.05) is 39.9 Å². The van der Waals surface area contributed by atoms with Gasteiger partial charge in [-0.3, -0.25) is 9.89 Å². The second-order valence-electron chi connectivity index (χ2n) is 7.20. The molecule has 0 saturated carbocycles. The van der Waals surface area contributed by atoms with Crippen LogP contribution in [0, 0.1) is 0 Å². The van der Waals surface area contributed by atoms with Gasteiger partial charge in [0, 0.05) is 32.2 Å². The Bertz CT molecular complexity index is 413. The molecule has 2 bridgehead atoms. The SMILES string of the molecule is CN=C(NCC(C)(C)N1CCOCC1)NC1CC2CCC1O2.I. The van der Waals surface area contributed by atoms with Gasteiger partial charge in [-0.1, -0.05) is 0 Å². The first-order valence-corrected chi connectivity index (χ1v) is 8.54. The van der Waals surface area contributed by atoms with Gasteiger partial charge in [0.2, 0.25) is 0 Å². The van der Waals surface area contributed by atoms with Crippen molar-refractivity contribution in [2.45, 2.75) is 56.9 Å². The summed E-state index contributed by atoms with van der Waals surface area (Å²) in [5, 5.41) is 7.04. The summed E-state index contributed by atoms with van der Waals surface area (Å²) >= 11 is 0. The maximum Gasteiger partial charge on any atom is 0.191 e. The van der Waals surface area contributed by atoms with Gasteiger partial charge in [0.15, 0.2) is 5.96 Å². The van der Waals surface area contributed by atoms with E-state index >= 15 is 0 Å². The molecule has 3 fully saturated rings. The third kappa shape index (κ3) is 4.70. The molecule has 134 valence electrons. The molecule has 3 atom stereocenters. The summed E-state index contributed by atoms with van der Waals surface area (Å²) < 4.78 is 11.3. The first-order valence-electron chi connectivity index (χ1n) is 8.54. The molecule has 0 aromatic carbocycles. The molecule has 0 radical (unpaired) electrons. The number of halogens is 1. The molecule has 3 rings (SSSR count). The minimum absolute atomic E-state index is 0. The number of nitrogens with zero attached hydrogens (tertiary/aromatic N) is 2. The van der Waals surface area contributed by atoms with Crippen LogP contribution >= 0.6 is 24.0 Å². The zero-order valence-electron chi connectivity index (χ0n) is 14.5. The van der Waals surface area contributed by atoms with Gasteiger partial charge in [-0.2, -0.15) is 0 Å². The van der Waals surface area contributed by atoms with Crippen molar-refractivity contribution in [3.8, 4) is 0 Å². The maximum absolute atomic E-state index is 5.90. The van der Waals surface area contributed by atoms with E-state index in [-0.39, 0.29) is 29.5 Å². The summed E-state index contributed by atoms with van der Waals surface area (Å²) in [6.07, 6.45) is 4.34. The number of hydrogen-bond donors (Lipinski definition) is 2. The molecule has 3 aliphatic heterocycles. The molecular formula is C16H31IN4O2. The zero-order valence-corrected chi connectivity index (χ0v) is 16.8. The topological polar surface area (TPSA) is 58.1 Å². The standard InChI is InChI=1S/C16H30N4O2.HI/c1-16(2,20-6-8-21-9-7-20)11-18-15(17-3)19-13-10-12-4-5-14(13)22-12;/h12-14H,4-11H2,1-3H3,(H2,17,18,19);1H. The minimum Gasteiger partial charge on any atom is -0.379 e. The number of fused-ring (bicyclic) bond motifs is 2. The molecule has 2 N–H and O–H groups in total. The molecule has 0 aromatic heterocycles. The lowest BCUT2D eigenvalue weighted by Gasteiger charge is -2.41. The normalized spacial score (nSPS) is 31.8. The number of hydrogen-bond acceptors (Lipinski definition) is 4. The Hall–Kier alpha value is -0.120. The number of rotatable bonds is 4. The van der Waals surface area contributed by atoms with Gasteiger partial charge in [0.05, 0.1) is 31.5 Å². The highest BCUT2D eigenvalue weighted by Crippen LogP contribution is 2.34. The second kappa shape index (κ2) is 8.31. The Balaban J connectivity index is 0.00000192. The predicted octanol–water partition coefficient (Wildman–Crippen LogP) is 1.20. The van der Waals surface area contributed by atoms with Crippen molar-refractivity contribution in [1.29, 1.82) is 0 Å². The fourth-order valence-corrected chi connectivity index (χ4v) is 3.74. The number of aliphatic imine (C=N–C) groups is 1. The number of ether oxygens (including phenoxy) is 2. The van der Waals surface area contributed by atoms with E-state index in [2.05, 4.69) is 34.4 Å². The van der Waals surface area contributed by atoms with E-state index in [1.165, 1.54) is 12.8 Å². The van der Waals surface area contributed by atoms with Gasteiger partial charge in [0.1, 0.15) is 0 Å². The Morgan fingerprint density at radius 3 is 2.57 bits per heavy atom. The third-order valence-corrected chi connectivity index (χ3v) is 5.21. The maximum atomic E-state index is 5.90. The van der Waals surface area contributed by atoms with Gasteiger partial charge in [-0.05, 0) is 33.1 Å². The quantitative estimate of drug-likeness (QED) is 0.393. The van der Waals surface area contributed by atoms with E-state index in [9.17, 15) is 0 Å². The van der Waals surface area contributed by atoms with Crippen LogP contribution in [0.1, 0.15) is 33.1 Å². The molecular weight excluding hydrogens is 407 g/mol. The van der Waals surface area contributed by atoms with Crippen molar-refractivity contribution in [2.24, 2.45) is 4.99 Å². The van der Waals surface area contributed by atoms with Crippen LogP contribution in [0.5, 0.6) is 0 Å². The first kappa shape index (κ1) is 19.2. The molecule has 0 amide bonds. The highest BCUT2D eigenvalue weighted by molar-refractivity contribution is 14.0. The zero-order chi connectivity index (χ0) is 15.6. The lowest BCUT2D eigenvalue weighted by atomic mass is 9.95. The average Bonchev–Trinajstić information content (AvgIpc) is 3.15. The fraction of sp³-hybridized carbons (Fsp3) is 0.938. The Labute approximate surface area is 156 Å². The van der Waals surface area contributed by atoms with Crippen LogP contribution in [0.2, 0.25) is 0 Å². The lowest BCUT2D eigenvalue weighted by Crippen LogP contribution is -2.57. The molecule has 3 aliphatic rings. The van der Waals surface area contributed by atoms with E-state index < -0.39 is 0 Å². The summed E-state index contributed by atoms with van der Waals surface area (Å²) in [6, 6.07) is 0.413. The number of morpholine rings is 1. The van der Waals surface area contributed by atoms with E-state index in [1.807, 2.05) is 7.05 Å². The van der Waals surface area contributed by atoms with Crippen molar-refractivity contribution >= 4 is 29.9 Å². The Morgan fingerprint density at radius 2 is 2.00 bits per heavy atom. The summed E-state index contributed by atoms with van der Waals surface area (Å²) in [4.78, 5) is 6.86. The van der Waals surface area contributed by atoms with E-state index in [1.54, 1.807) is 0 Å². The van der Waals surface area contributed by atoms with E-state index in [4.69, 9.17) is 9.47 Å². The largest absolute Gasteiger partial charge is 0.379 e. The first-order chi connectivity index (χ1) is 10.6. The average molecular weight is 438 g/mol. The highest BCUT2D eigenvalue weighted by atomic mass is 127. The lowest BCUT2D eigenvalue weighted by molar-refractivity contribution is -0.00836. The number of guanidine groups is 1. The summed E-state index contributed by atoms with van der Waals surface area (Å²) in [5.74, 6) is 0.891. The predicted molar refractivity (Wildman–Crippen MR) is 103 cm³/mol. The van der Waals surface area contributed by atoms with Crippen LogP contribution in [0.15, 0.2) is 4.99 Å². The molecule has 23 heavy (non-hydrogen) atoms. The molecule has 3 unspecified atom stereocenters. The van der Waals surface area contributed by atoms with E-state index in [0.29, 0.717) is 18.2 Å². The van der Waals surface area contributed by atoms with Gasteiger partial charge in [-0.25, -0.2) is 0 Å². The van der Waals surface area contributed by atoms with Crippen molar-refractivity contribution in [3.63, 3.8) is 0 Å². The fourth-order valence-electron chi connectivity index (χ4n) is 3.74. The van der Waals surface area contributed by atoms with Crippen LogP contribution in [0.3, 0.4) is 0 Å². The molecule has 7 heteroatoms. The van der Waals surface area contributed by atoms with Gasteiger partial charge < -0.3 is 20.1 Å². The van der Waals surface area contributed by atoms with Crippen LogP contribution in [-0.2, 0) is 9.47 Å². The van der Waals surface area contributed by atoms with Crippen molar-refractivity contribution in [3.05, 3.63) is 0 Å². The molecule has 3 heterocycles. The van der Waals surface area contributed by atoms with Gasteiger partial charge in [0.25, 0.3) is 0 Å². The van der Waals surface area contributed by atoms with E-state index in [0.717, 1.165) is 45.2 Å². The Morgan fingerprint density at radius 1 is 1.26 bits per heavy atom. The second-order valence-corrected chi connectivity index (χ2v) is 7.20. The minimum atomic E-state index is 0. The Kier molecular flexibility index (Phi) is 6.94. The van der Waals surface area contributed by atoms with Crippen LogP contribution < -0.4 is 10.6 Å². The van der Waals surface area contributed by atoms with Crippen LogP contribution in [-0.4, -0.2) is 74.5 Å². The molecule has 0 aromatic rings. The molecule has 0 aliphatic carbocycles. The van der Waals surface area contributed by atoms with Crippen molar-refractivity contribution < 1.29 is 9.47 Å². The summed E-state index contributed by atoms with van der Waals surface area (Å²) in [5.41, 5.74) is 0.0899. The van der Waals surface area contributed by atoms with Crippen LogP contribution in [0.25, 0.3) is 0 Å². The molecule has 6 nitrogen and oxygen atoms in total. The third-order valence-electron chi connectivity index (χ3n) is 5.21. The summed E-state index contributed by atoms with van der Waals surface area (Å²) in [6.45, 7) is 9.09. The monoisotopic (exact) mass is 438 g/mol. The van der Waals surface area contributed by atoms with Gasteiger partial charge >= 0.3 is 0 Å². The number of nitrogens with one attached hydrogen (secondary N) is 2. The van der Waals surface area contributed by atoms with Crippen molar-refractivity contribution in [1.82, 2.24) is 15.5 Å². The summed E-state index contributed by atoms with van der Waals surface area (Å²) in [7, 11) is 1.84. The van der Waals surface area contributed by atoms with Crippen LogP contribution in [0.4, 0.5) is 0 Å². The van der Waals surface area contributed by atoms with Gasteiger partial charge in [-0.15, -0.1) is 24.0 Å².